The summed E-state index contributed by atoms with van der Waals surface area (Å²) in [5, 5.41) is 23.3. The second kappa shape index (κ2) is 17.1. The van der Waals surface area contributed by atoms with E-state index in [9.17, 15) is 42.8 Å². The van der Waals surface area contributed by atoms with Crippen LogP contribution in [0.25, 0.3) is 0 Å². The fourth-order valence-electron chi connectivity index (χ4n) is 6.02. The van der Waals surface area contributed by atoms with Crippen molar-refractivity contribution in [2.75, 3.05) is 34.4 Å². The number of carboxylic acid groups (broad SMARTS) is 1. The number of alkyl halides is 3. The van der Waals surface area contributed by atoms with Gasteiger partial charge in [-0.3, -0.25) is 19.8 Å². The summed E-state index contributed by atoms with van der Waals surface area (Å²) in [6.45, 7) is 1.29. The van der Waals surface area contributed by atoms with E-state index in [-0.39, 0.29) is 42.0 Å². The summed E-state index contributed by atoms with van der Waals surface area (Å²) in [6.07, 6.45) is -4.28. The molecule has 0 unspecified atom stereocenters. The fourth-order valence-corrected chi connectivity index (χ4v) is 6.51. The first-order valence-corrected chi connectivity index (χ1v) is 16.9. The van der Waals surface area contributed by atoms with E-state index in [1.165, 1.54) is 33.5 Å². The Bertz CT molecular complexity index is 1890. The number of nitrogens with zero attached hydrogens (tertiary/aromatic N) is 3. The van der Waals surface area contributed by atoms with Gasteiger partial charge in [0.1, 0.15) is 22.8 Å². The smallest absolute Gasteiger partial charge is 0.417 e. The van der Waals surface area contributed by atoms with Crippen molar-refractivity contribution >= 4 is 52.4 Å². The molecule has 53 heavy (non-hydrogen) atoms. The molecular formula is C35H36ClF3N4O9S. The van der Waals surface area contributed by atoms with Crippen molar-refractivity contribution in [3.8, 4) is 17.2 Å². The number of imide groups is 1. The number of hydrogen-bond donors (Lipinski definition) is 2. The molecule has 1 fully saturated rings. The van der Waals surface area contributed by atoms with Gasteiger partial charge in [-0.05, 0) is 42.2 Å². The number of hydrogen-bond acceptors (Lipinski definition) is 9. The minimum absolute atomic E-state index is 0.0148. The van der Waals surface area contributed by atoms with Gasteiger partial charge >= 0.3 is 18.2 Å². The van der Waals surface area contributed by atoms with E-state index in [2.05, 4.69) is 5.32 Å². The number of benzene rings is 3. The van der Waals surface area contributed by atoms with Crippen LogP contribution in [0.5, 0.6) is 17.2 Å². The molecule has 1 aliphatic heterocycles. The predicted molar refractivity (Wildman–Crippen MR) is 191 cm³/mol. The summed E-state index contributed by atoms with van der Waals surface area (Å²) < 4.78 is 57.9. The number of thiocarbonyl (C=S) groups is 1. The summed E-state index contributed by atoms with van der Waals surface area (Å²) in [7, 11) is 4.34. The van der Waals surface area contributed by atoms with Gasteiger partial charge in [0.25, 0.3) is 5.69 Å². The number of aromatic carboxylic acids is 1. The Morgan fingerprint density at radius 3 is 2.30 bits per heavy atom. The lowest BCUT2D eigenvalue weighted by Gasteiger charge is -2.27. The van der Waals surface area contributed by atoms with E-state index in [1.54, 1.807) is 24.0 Å². The quantitative estimate of drug-likeness (QED) is 0.104. The van der Waals surface area contributed by atoms with E-state index < -0.39 is 69.3 Å². The minimum Gasteiger partial charge on any atom is -0.496 e. The Hall–Kier alpha value is -5.16. The van der Waals surface area contributed by atoms with Gasteiger partial charge in [0, 0.05) is 24.7 Å². The Morgan fingerprint density at radius 1 is 1.09 bits per heavy atom. The van der Waals surface area contributed by atoms with Gasteiger partial charge in [-0.2, -0.15) is 13.2 Å². The standard InChI is InChI=1S/C35H36ClF3N4O9S/c1-5-6-27(20-8-9-23(33(45)46)28(13-20)43(48)49)40-34(47)42-18-31(53)41(17-24-29(51-3)14-22(50-2)15-30(24)52-4)16-21(32(42)44)11-19-7-10-26(36)25(12-19)35(37,38)39/h7-10,12-15,21,27H,5-6,11,16-18H2,1-4H3,(H,40,47)(H,45,46)/t21-,27+/m0/s1. The van der Waals surface area contributed by atoms with Gasteiger partial charge in [0.15, 0.2) is 0 Å². The fraction of sp³-hybridized carbons (Fsp3) is 0.371. The predicted octanol–water partition coefficient (Wildman–Crippen LogP) is 7.07. The monoisotopic (exact) mass is 780 g/mol. The molecule has 3 aromatic carbocycles. The van der Waals surface area contributed by atoms with Crippen molar-refractivity contribution < 1.29 is 51.8 Å². The highest BCUT2D eigenvalue weighted by molar-refractivity contribution is 7.80. The molecule has 284 valence electrons. The van der Waals surface area contributed by atoms with E-state index in [4.69, 9.17) is 38.0 Å². The Balaban J connectivity index is 1.75. The van der Waals surface area contributed by atoms with Crippen molar-refractivity contribution in [1.29, 1.82) is 0 Å². The van der Waals surface area contributed by atoms with Gasteiger partial charge in [-0.1, -0.05) is 49.3 Å². The van der Waals surface area contributed by atoms with Gasteiger partial charge in [0.05, 0.1) is 72.4 Å². The Labute approximate surface area is 312 Å². The summed E-state index contributed by atoms with van der Waals surface area (Å²) in [4.78, 5) is 53.3. The van der Waals surface area contributed by atoms with Crippen LogP contribution in [0.3, 0.4) is 0 Å². The number of nitro groups is 1. The number of ether oxygens (including phenoxy) is 3. The number of amides is 3. The lowest BCUT2D eigenvalue weighted by Crippen LogP contribution is -2.48. The molecule has 2 N–H and O–H groups in total. The molecule has 3 aromatic rings. The zero-order valence-corrected chi connectivity index (χ0v) is 30.6. The number of nitrogens with one attached hydrogen (secondary N) is 1. The van der Waals surface area contributed by atoms with Gasteiger partial charge < -0.3 is 29.5 Å². The van der Waals surface area contributed by atoms with Crippen molar-refractivity contribution in [3.63, 3.8) is 0 Å². The lowest BCUT2D eigenvalue weighted by molar-refractivity contribution is -0.385. The maximum absolute atomic E-state index is 14.3. The van der Waals surface area contributed by atoms with E-state index in [0.29, 0.717) is 29.2 Å². The topological polar surface area (TPSA) is 161 Å². The highest BCUT2D eigenvalue weighted by Gasteiger charge is 2.39. The molecule has 18 heteroatoms. The van der Waals surface area contributed by atoms with Crippen LogP contribution in [0.4, 0.5) is 23.7 Å². The molecule has 0 saturated carbocycles. The highest BCUT2D eigenvalue weighted by atomic mass is 35.5. The molecule has 2 atom stereocenters. The Morgan fingerprint density at radius 2 is 1.75 bits per heavy atom. The van der Waals surface area contributed by atoms with Crippen LogP contribution in [-0.2, 0) is 23.9 Å². The molecule has 13 nitrogen and oxygen atoms in total. The second-order valence-corrected chi connectivity index (χ2v) is 12.9. The molecule has 3 amide bonds. The number of methoxy groups -OCH3 is 3. The lowest BCUT2D eigenvalue weighted by atomic mass is 9.96. The van der Waals surface area contributed by atoms with Gasteiger partial charge in [-0.25, -0.2) is 9.59 Å². The van der Waals surface area contributed by atoms with E-state index in [1.807, 2.05) is 0 Å². The maximum atomic E-state index is 14.3. The number of carbonyl (C=O) groups is 3. The largest absolute Gasteiger partial charge is 0.496 e. The number of halogens is 4. The van der Waals surface area contributed by atoms with Crippen LogP contribution in [0.15, 0.2) is 48.5 Å². The number of urea groups is 1. The highest BCUT2D eigenvalue weighted by Crippen LogP contribution is 2.38. The average molecular weight is 781 g/mol. The molecule has 1 saturated heterocycles. The molecular weight excluding hydrogens is 745 g/mol. The summed E-state index contributed by atoms with van der Waals surface area (Å²) >= 11 is 11.6. The first-order valence-electron chi connectivity index (χ1n) is 16.1. The number of carboxylic acids is 1. The zero-order chi connectivity index (χ0) is 39.2. The summed E-state index contributed by atoms with van der Waals surface area (Å²) in [6, 6.07) is 8.19. The number of carbonyl (C=O) groups excluding carboxylic acids is 2. The third-order valence-corrected chi connectivity index (χ3v) is 9.37. The maximum Gasteiger partial charge on any atom is 0.417 e. The molecule has 4 rings (SSSR count). The molecule has 0 bridgehead atoms. The molecule has 1 heterocycles. The van der Waals surface area contributed by atoms with Crippen molar-refractivity contribution in [2.45, 2.75) is 44.9 Å². The second-order valence-electron chi connectivity index (χ2n) is 12.1. The number of nitro benzene ring substituents is 1. The first kappa shape index (κ1) is 40.6. The van der Waals surface area contributed by atoms with Crippen LogP contribution in [-0.4, -0.2) is 77.1 Å². The van der Waals surface area contributed by atoms with E-state index >= 15 is 0 Å². The van der Waals surface area contributed by atoms with Crippen molar-refractivity contribution in [1.82, 2.24) is 15.1 Å². The normalized spacial score (nSPS) is 15.4. The van der Waals surface area contributed by atoms with Gasteiger partial charge in [-0.15, -0.1) is 0 Å². The van der Waals surface area contributed by atoms with Crippen LogP contribution in [0, 0.1) is 16.0 Å². The Kier molecular flexibility index (Phi) is 13.1. The molecule has 0 spiro atoms. The van der Waals surface area contributed by atoms with Crippen molar-refractivity contribution in [3.05, 3.63) is 91.5 Å². The van der Waals surface area contributed by atoms with E-state index in [0.717, 1.165) is 29.2 Å². The third-order valence-electron chi connectivity index (χ3n) is 8.66. The summed E-state index contributed by atoms with van der Waals surface area (Å²) in [5.74, 6) is -2.20. The third kappa shape index (κ3) is 9.45. The molecule has 0 aliphatic carbocycles. The minimum atomic E-state index is -4.77. The SMILES string of the molecule is CCC[C@@H](NC(=O)N1CC(=S)N(Cc2c(OC)cc(OC)cc2OC)C[C@H](Cc2ccc(Cl)c(C(F)(F)F)c2)C1=O)c1ccc(C(=O)O)c([N+](=O)[O-])c1. The van der Waals surface area contributed by atoms with Gasteiger partial charge in [0.2, 0.25) is 5.91 Å². The molecule has 1 aliphatic rings. The van der Waals surface area contributed by atoms with Crippen LogP contribution in [0.1, 0.15) is 58.4 Å². The van der Waals surface area contributed by atoms with Crippen molar-refractivity contribution in [2.24, 2.45) is 5.92 Å². The average Bonchev–Trinajstić information content (AvgIpc) is 3.23. The first-order chi connectivity index (χ1) is 25.0. The van der Waals surface area contributed by atoms with Crippen LogP contribution < -0.4 is 19.5 Å². The number of rotatable bonds is 13. The van der Waals surface area contributed by atoms with Crippen LogP contribution in [0.2, 0.25) is 5.02 Å². The van der Waals surface area contributed by atoms with Crippen LogP contribution >= 0.6 is 23.8 Å². The summed E-state index contributed by atoms with van der Waals surface area (Å²) in [5.41, 5.74) is -1.45. The molecule has 0 aromatic heterocycles. The molecule has 0 radical (unpaired) electrons. The zero-order valence-electron chi connectivity index (χ0n) is 29.0.